The summed E-state index contributed by atoms with van der Waals surface area (Å²) in [6, 6.07) is 6.64. The fraction of sp³-hybridized carbons (Fsp3) is 0.312. The molecule has 0 aliphatic carbocycles. The maximum atomic E-state index is 12.1. The smallest absolute Gasteiger partial charge is 0.330 e. The molecule has 0 aromatic heterocycles. The van der Waals surface area contributed by atoms with E-state index in [-0.39, 0.29) is 0 Å². The summed E-state index contributed by atoms with van der Waals surface area (Å²) in [5, 5.41) is 0. The highest BCUT2D eigenvalue weighted by Crippen LogP contribution is 2.24. The van der Waals surface area contributed by atoms with E-state index in [0.29, 0.717) is 23.7 Å². The number of benzene rings is 1. The van der Waals surface area contributed by atoms with Gasteiger partial charge in [-0.25, -0.2) is 13.2 Å². The van der Waals surface area contributed by atoms with Crippen molar-refractivity contribution in [3.8, 4) is 0 Å². The van der Waals surface area contributed by atoms with Crippen molar-refractivity contribution in [3.05, 3.63) is 49.1 Å². The van der Waals surface area contributed by atoms with Crippen LogP contribution in [0.2, 0.25) is 0 Å². The third-order valence-corrected chi connectivity index (χ3v) is 6.47. The molecule has 1 rings (SSSR count). The van der Waals surface area contributed by atoms with Gasteiger partial charge in [0.1, 0.15) is 0 Å². The molecule has 1 aromatic rings. The predicted octanol–water partition coefficient (Wildman–Crippen LogP) is 3.65. The van der Waals surface area contributed by atoms with E-state index < -0.39 is 14.8 Å². The number of esters is 1. The zero-order valence-corrected chi connectivity index (χ0v) is 14.0. The second-order valence-corrected chi connectivity index (χ2v) is 8.53. The van der Waals surface area contributed by atoms with Gasteiger partial charge in [-0.2, -0.15) is 0 Å². The van der Waals surface area contributed by atoms with Crippen LogP contribution in [0.3, 0.4) is 0 Å². The van der Waals surface area contributed by atoms with Gasteiger partial charge in [-0.1, -0.05) is 31.4 Å². The first-order valence-corrected chi connectivity index (χ1v) is 9.89. The summed E-state index contributed by atoms with van der Waals surface area (Å²) in [4.78, 5) is 11.1. The number of ether oxygens (including phenoxy) is 1. The summed E-state index contributed by atoms with van der Waals surface area (Å²) in [5.41, 5.74) is 0.887. The highest BCUT2D eigenvalue weighted by Gasteiger charge is 2.14. The Balaban J connectivity index is 2.29. The molecule has 0 saturated heterocycles. The molecule has 0 saturated carbocycles. The molecule has 0 bridgehead atoms. The van der Waals surface area contributed by atoms with Gasteiger partial charge in [0.15, 0.2) is 0 Å². The second-order valence-electron chi connectivity index (χ2n) is 4.48. The van der Waals surface area contributed by atoms with Crippen molar-refractivity contribution in [2.24, 2.45) is 0 Å². The van der Waals surface area contributed by atoms with Crippen molar-refractivity contribution in [1.29, 1.82) is 0 Å². The van der Waals surface area contributed by atoms with Gasteiger partial charge in [0.05, 0.1) is 11.5 Å². The van der Waals surface area contributed by atoms with E-state index in [1.807, 2.05) is 0 Å². The SMILES string of the molecule is C=CC(=O)OCCCCCSS(=O)(=O)c1ccc(C=C)cc1. The lowest BCUT2D eigenvalue weighted by Gasteiger charge is -2.05. The monoisotopic (exact) mass is 340 g/mol. The van der Waals surface area contributed by atoms with Crippen LogP contribution in [0.4, 0.5) is 0 Å². The molecule has 120 valence electrons. The molecule has 0 heterocycles. The quantitative estimate of drug-likeness (QED) is 0.282. The van der Waals surface area contributed by atoms with E-state index in [1.54, 1.807) is 30.3 Å². The minimum Gasteiger partial charge on any atom is -0.463 e. The second kappa shape index (κ2) is 9.48. The molecule has 4 nitrogen and oxygen atoms in total. The van der Waals surface area contributed by atoms with Crippen molar-refractivity contribution < 1.29 is 17.9 Å². The number of hydrogen-bond acceptors (Lipinski definition) is 5. The van der Waals surface area contributed by atoms with E-state index in [2.05, 4.69) is 13.2 Å². The van der Waals surface area contributed by atoms with Crippen LogP contribution in [-0.2, 0) is 18.4 Å². The van der Waals surface area contributed by atoms with Crippen molar-refractivity contribution in [1.82, 2.24) is 0 Å². The van der Waals surface area contributed by atoms with Gasteiger partial charge in [0.25, 0.3) is 0 Å². The van der Waals surface area contributed by atoms with Gasteiger partial charge in [0.2, 0.25) is 8.87 Å². The van der Waals surface area contributed by atoms with E-state index >= 15 is 0 Å². The molecular formula is C16H20O4S2. The van der Waals surface area contributed by atoms with Crippen LogP contribution in [0.5, 0.6) is 0 Å². The molecule has 22 heavy (non-hydrogen) atoms. The molecule has 0 N–H and O–H groups in total. The molecule has 0 fully saturated rings. The van der Waals surface area contributed by atoms with Gasteiger partial charge in [-0.15, -0.1) is 0 Å². The lowest BCUT2D eigenvalue weighted by atomic mass is 10.2. The van der Waals surface area contributed by atoms with E-state index in [1.165, 1.54) is 0 Å². The van der Waals surface area contributed by atoms with Gasteiger partial charge in [-0.05, 0) is 47.8 Å². The normalized spacial score (nSPS) is 10.9. The molecule has 0 aliphatic rings. The first-order chi connectivity index (χ1) is 10.5. The van der Waals surface area contributed by atoms with Gasteiger partial charge < -0.3 is 4.74 Å². The zero-order valence-electron chi connectivity index (χ0n) is 12.4. The highest BCUT2D eigenvalue weighted by atomic mass is 33.1. The number of carbonyl (C=O) groups excluding carboxylic acids is 1. The van der Waals surface area contributed by atoms with E-state index in [4.69, 9.17) is 4.74 Å². The zero-order chi connectivity index (χ0) is 16.4. The highest BCUT2D eigenvalue weighted by molar-refractivity contribution is 8.72. The minimum absolute atomic E-state index is 0.308. The molecule has 0 radical (unpaired) electrons. The van der Waals surface area contributed by atoms with Crippen LogP contribution in [-0.4, -0.2) is 26.7 Å². The van der Waals surface area contributed by atoms with Crippen LogP contribution in [0, 0.1) is 0 Å². The van der Waals surface area contributed by atoms with Crippen molar-refractivity contribution >= 4 is 31.7 Å². The third-order valence-electron chi connectivity index (χ3n) is 2.84. The summed E-state index contributed by atoms with van der Waals surface area (Å²) in [5.74, 6) is 0.0842. The fourth-order valence-corrected chi connectivity index (χ4v) is 4.52. The Morgan fingerprint density at radius 3 is 2.41 bits per heavy atom. The number of carbonyl (C=O) groups is 1. The van der Waals surface area contributed by atoms with E-state index in [0.717, 1.165) is 35.3 Å². The molecule has 0 atom stereocenters. The van der Waals surface area contributed by atoms with Gasteiger partial charge >= 0.3 is 5.97 Å². The summed E-state index contributed by atoms with van der Waals surface area (Å²) in [6.45, 7) is 7.28. The summed E-state index contributed by atoms with van der Waals surface area (Å²) >= 11 is 0. The molecule has 0 aliphatic heterocycles. The topological polar surface area (TPSA) is 60.4 Å². The summed E-state index contributed by atoms with van der Waals surface area (Å²) < 4.78 is 29.1. The van der Waals surface area contributed by atoms with Crippen LogP contribution in [0.25, 0.3) is 6.08 Å². The molecule has 0 amide bonds. The van der Waals surface area contributed by atoms with Gasteiger partial charge in [0, 0.05) is 11.8 Å². The Kier molecular flexibility index (Phi) is 7.98. The maximum Gasteiger partial charge on any atom is 0.330 e. The first-order valence-electron chi connectivity index (χ1n) is 6.90. The average molecular weight is 340 g/mol. The Morgan fingerprint density at radius 2 is 1.82 bits per heavy atom. The van der Waals surface area contributed by atoms with Crippen molar-refractivity contribution in [2.75, 3.05) is 12.4 Å². The molecule has 6 heteroatoms. The third kappa shape index (κ3) is 6.49. The number of rotatable bonds is 10. The minimum atomic E-state index is -3.31. The lowest BCUT2D eigenvalue weighted by molar-refractivity contribution is -0.137. The first kappa shape index (κ1) is 18.5. The molecule has 1 aromatic carbocycles. The fourth-order valence-electron chi connectivity index (χ4n) is 1.62. The van der Waals surface area contributed by atoms with Crippen molar-refractivity contribution in [2.45, 2.75) is 24.2 Å². The van der Waals surface area contributed by atoms with Gasteiger partial charge in [-0.3, -0.25) is 0 Å². The van der Waals surface area contributed by atoms with Crippen LogP contribution < -0.4 is 0 Å². The number of unbranched alkanes of at least 4 members (excludes halogenated alkanes) is 2. The van der Waals surface area contributed by atoms with E-state index in [9.17, 15) is 13.2 Å². The maximum absolute atomic E-state index is 12.1. The van der Waals surface area contributed by atoms with Crippen LogP contribution in [0.1, 0.15) is 24.8 Å². The molecule has 0 unspecified atom stereocenters. The van der Waals surface area contributed by atoms with Crippen LogP contribution >= 0.6 is 10.8 Å². The number of hydrogen-bond donors (Lipinski definition) is 0. The summed E-state index contributed by atoms with van der Waals surface area (Å²) in [6.07, 6.45) is 5.07. The Labute approximate surface area is 135 Å². The predicted molar refractivity (Wildman–Crippen MR) is 91.2 cm³/mol. The Bertz CT molecular complexity index is 604. The standard InChI is InChI=1S/C16H20O4S2/c1-3-14-8-10-15(11-9-14)22(18,19)21-13-7-5-6-12-20-16(17)4-2/h3-4,8-11H,1-2,5-7,12-13H2. The largest absolute Gasteiger partial charge is 0.463 e. The summed E-state index contributed by atoms with van der Waals surface area (Å²) in [7, 11) is -2.38. The lowest BCUT2D eigenvalue weighted by Crippen LogP contribution is -2.02. The molecular weight excluding hydrogens is 320 g/mol. The van der Waals surface area contributed by atoms with Crippen LogP contribution in [0.15, 0.2) is 48.4 Å². The average Bonchev–Trinajstić information content (AvgIpc) is 2.53. The molecule has 0 spiro atoms. The Hall–Kier alpha value is -1.53. The van der Waals surface area contributed by atoms with Crippen molar-refractivity contribution in [3.63, 3.8) is 0 Å². The Morgan fingerprint density at radius 1 is 1.14 bits per heavy atom.